The fourth-order valence-corrected chi connectivity index (χ4v) is 3.13. The van der Waals surface area contributed by atoms with E-state index in [0.717, 1.165) is 17.6 Å². The van der Waals surface area contributed by atoms with E-state index in [2.05, 4.69) is 10.0 Å². The van der Waals surface area contributed by atoms with Gasteiger partial charge in [0.25, 0.3) is 5.91 Å². The third-order valence-electron chi connectivity index (χ3n) is 3.89. The van der Waals surface area contributed by atoms with E-state index in [1.54, 1.807) is 43.3 Å². The van der Waals surface area contributed by atoms with Crippen molar-refractivity contribution in [2.45, 2.75) is 6.92 Å². The summed E-state index contributed by atoms with van der Waals surface area (Å²) in [6.45, 7) is 1.76. The van der Waals surface area contributed by atoms with Crippen LogP contribution in [-0.2, 0) is 10.0 Å². The normalized spacial score (nSPS) is 10.9. The van der Waals surface area contributed by atoms with Gasteiger partial charge < -0.3 is 10.1 Å². The van der Waals surface area contributed by atoms with E-state index in [1.807, 2.05) is 30.3 Å². The Hall–Kier alpha value is -3.32. The second kappa shape index (κ2) is 8.14. The van der Waals surface area contributed by atoms with E-state index in [1.165, 1.54) is 6.07 Å². The van der Waals surface area contributed by atoms with Crippen molar-refractivity contribution in [3.63, 3.8) is 0 Å². The Bertz CT molecular complexity index is 1080. The first-order valence-corrected chi connectivity index (χ1v) is 10.4. The lowest BCUT2D eigenvalue weighted by molar-refractivity contribution is 0.102. The lowest BCUT2D eigenvalue weighted by Gasteiger charge is -2.11. The molecular formula is C21H20N2O4S. The van der Waals surface area contributed by atoms with Crippen LogP contribution in [0.2, 0.25) is 0 Å². The number of hydrogen-bond donors (Lipinski definition) is 2. The molecule has 3 aromatic rings. The molecule has 3 aromatic carbocycles. The maximum Gasteiger partial charge on any atom is 0.255 e. The Labute approximate surface area is 164 Å². The van der Waals surface area contributed by atoms with Gasteiger partial charge in [0.05, 0.1) is 11.9 Å². The summed E-state index contributed by atoms with van der Waals surface area (Å²) in [5.41, 5.74) is 2.05. The molecule has 2 N–H and O–H groups in total. The Morgan fingerprint density at radius 3 is 2.18 bits per heavy atom. The molecule has 0 aromatic heterocycles. The molecule has 0 aliphatic heterocycles. The molecule has 0 fully saturated rings. The maximum absolute atomic E-state index is 12.5. The third kappa shape index (κ3) is 5.34. The number of anilines is 2. The molecule has 0 saturated heterocycles. The highest BCUT2D eigenvalue weighted by Gasteiger charge is 2.11. The van der Waals surface area contributed by atoms with E-state index in [9.17, 15) is 13.2 Å². The predicted molar refractivity (Wildman–Crippen MR) is 111 cm³/mol. The van der Waals surface area contributed by atoms with Gasteiger partial charge in [0.1, 0.15) is 11.5 Å². The van der Waals surface area contributed by atoms with Gasteiger partial charge in [0.15, 0.2) is 0 Å². The fraction of sp³-hybridized carbons (Fsp3) is 0.0952. The van der Waals surface area contributed by atoms with E-state index in [0.29, 0.717) is 22.7 Å². The van der Waals surface area contributed by atoms with Gasteiger partial charge in [0.2, 0.25) is 10.0 Å². The Balaban J connectivity index is 1.70. The summed E-state index contributed by atoms with van der Waals surface area (Å²) in [6.07, 6.45) is 1.07. The number of carbonyl (C=O) groups is 1. The molecule has 7 heteroatoms. The number of carbonyl (C=O) groups excluding carboxylic acids is 1. The second-order valence-corrected chi connectivity index (χ2v) is 8.05. The number of ether oxygens (including phenoxy) is 1. The van der Waals surface area contributed by atoms with Crippen molar-refractivity contribution in [2.24, 2.45) is 0 Å². The molecular weight excluding hydrogens is 376 g/mol. The summed E-state index contributed by atoms with van der Waals surface area (Å²) in [5, 5.41) is 2.79. The molecule has 144 valence electrons. The van der Waals surface area contributed by atoms with Crippen molar-refractivity contribution < 1.29 is 17.9 Å². The predicted octanol–water partition coefficient (Wildman–Crippen LogP) is 4.41. The Kier molecular flexibility index (Phi) is 5.65. The molecule has 0 unspecified atom stereocenters. The Morgan fingerprint density at radius 1 is 0.893 bits per heavy atom. The van der Waals surface area contributed by atoms with Crippen LogP contribution in [-0.4, -0.2) is 20.6 Å². The molecule has 0 aliphatic carbocycles. The van der Waals surface area contributed by atoms with Gasteiger partial charge in [-0.05, 0) is 61.0 Å². The minimum Gasteiger partial charge on any atom is -0.457 e. The number of sulfonamides is 1. The van der Waals surface area contributed by atoms with E-state index >= 15 is 0 Å². The highest BCUT2D eigenvalue weighted by atomic mass is 32.2. The molecule has 28 heavy (non-hydrogen) atoms. The van der Waals surface area contributed by atoms with Crippen LogP contribution in [0.1, 0.15) is 15.9 Å². The molecule has 3 rings (SSSR count). The molecule has 6 nitrogen and oxygen atoms in total. The van der Waals surface area contributed by atoms with Crippen molar-refractivity contribution in [1.29, 1.82) is 0 Å². The van der Waals surface area contributed by atoms with E-state index in [-0.39, 0.29) is 5.91 Å². The van der Waals surface area contributed by atoms with E-state index < -0.39 is 10.0 Å². The van der Waals surface area contributed by atoms with Gasteiger partial charge in [-0.2, -0.15) is 0 Å². The summed E-state index contributed by atoms with van der Waals surface area (Å²) in [5.74, 6) is 1.04. The maximum atomic E-state index is 12.5. The molecule has 0 bridgehead atoms. The van der Waals surface area contributed by atoms with Crippen LogP contribution in [0.4, 0.5) is 11.4 Å². The molecule has 0 saturated carbocycles. The Morgan fingerprint density at radius 2 is 1.54 bits per heavy atom. The average Bonchev–Trinajstić information content (AvgIpc) is 2.65. The first kappa shape index (κ1) is 19.4. The number of nitrogens with one attached hydrogen (secondary N) is 2. The lowest BCUT2D eigenvalue weighted by atomic mass is 10.1. The van der Waals surface area contributed by atoms with Crippen LogP contribution in [0.15, 0.2) is 72.8 Å². The minimum atomic E-state index is -3.43. The van der Waals surface area contributed by atoms with Crippen LogP contribution >= 0.6 is 0 Å². The number of benzene rings is 3. The van der Waals surface area contributed by atoms with Crippen molar-refractivity contribution in [1.82, 2.24) is 0 Å². The summed E-state index contributed by atoms with van der Waals surface area (Å²) in [6, 6.07) is 21.2. The van der Waals surface area contributed by atoms with Gasteiger partial charge >= 0.3 is 0 Å². The second-order valence-electron chi connectivity index (χ2n) is 6.30. The zero-order valence-electron chi connectivity index (χ0n) is 15.5. The van der Waals surface area contributed by atoms with Gasteiger partial charge in [-0.25, -0.2) is 8.42 Å². The van der Waals surface area contributed by atoms with Crippen LogP contribution in [0, 0.1) is 6.92 Å². The van der Waals surface area contributed by atoms with Crippen molar-refractivity contribution in [3.05, 3.63) is 83.9 Å². The van der Waals surface area contributed by atoms with Crippen molar-refractivity contribution >= 4 is 27.3 Å². The van der Waals surface area contributed by atoms with Gasteiger partial charge in [0, 0.05) is 11.3 Å². The summed E-state index contributed by atoms with van der Waals surface area (Å²) < 4.78 is 31.1. The number of rotatable bonds is 6. The largest absolute Gasteiger partial charge is 0.457 e. The first-order chi connectivity index (χ1) is 13.3. The van der Waals surface area contributed by atoms with Crippen LogP contribution < -0.4 is 14.8 Å². The molecule has 1 amide bonds. The third-order valence-corrected chi connectivity index (χ3v) is 4.48. The summed E-state index contributed by atoms with van der Waals surface area (Å²) >= 11 is 0. The standard InChI is InChI=1S/C21H20N2O4S/c1-15-8-9-16(14-20(15)23-28(2,25)26)21(24)22-17-10-12-19(13-11-17)27-18-6-4-3-5-7-18/h3-14,23H,1-2H3,(H,22,24). The van der Waals surface area contributed by atoms with Crippen LogP contribution in [0.5, 0.6) is 11.5 Å². The smallest absolute Gasteiger partial charge is 0.255 e. The van der Waals surface area contributed by atoms with Gasteiger partial charge in [-0.15, -0.1) is 0 Å². The number of amides is 1. The molecule has 0 atom stereocenters. The average molecular weight is 396 g/mol. The quantitative estimate of drug-likeness (QED) is 0.646. The SMILES string of the molecule is Cc1ccc(C(=O)Nc2ccc(Oc3ccccc3)cc2)cc1NS(C)(=O)=O. The topological polar surface area (TPSA) is 84.5 Å². The zero-order valence-corrected chi connectivity index (χ0v) is 16.3. The van der Waals surface area contributed by atoms with Crippen LogP contribution in [0.3, 0.4) is 0 Å². The van der Waals surface area contributed by atoms with Crippen LogP contribution in [0.25, 0.3) is 0 Å². The monoisotopic (exact) mass is 396 g/mol. The molecule has 0 radical (unpaired) electrons. The van der Waals surface area contributed by atoms with Gasteiger partial charge in [-0.3, -0.25) is 9.52 Å². The fourth-order valence-electron chi connectivity index (χ4n) is 2.51. The number of para-hydroxylation sites is 1. The number of hydrogen-bond acceptors (Lipinski definition) is 4. The molecule has 0 spiro atoms. The first-order valence-electron chi connectivity index (χ1n) is 8.53. The highest BCUT2D eigenvalue weighted by molar-refractivity contribution is 7.92. The van der Waals surface area contributed by atoms with Gasteiger partial charge in [-0.1, -0.05) is 24.3 Å². The number of aryl methyl sites for hydroxylation is 1. The minimum absolute atomic E-state index is 0.340. The van der Waals surface area contributed by atoms with Crippen molar-refractivity contribution in [2.75, 3.05) is 16.3 Å². The van der Waals surface area contributed by atoms with E-state index in [4.69, 9.17) is 4.74 Å². The summed E-state index contributed by atoms with van der Waals surface area (Å²) in [4.78, 5) is 12.5. The van der Waals surface area contributed by atoms with Crippen molar-refractivity contribution in [3.8, 4) is 11.5 Å². The molecule has 0 aliphatic rings. The summed E-state index contributed by atoms with van der Waals surface area (Å²) in [7, 11) is -3.43. The lowest BCUT2D eigenvalue weighted by Crippen LogP contribution is -2.14. The zero-order chi connectivity index (χ0) is 20.1. The highest BCUT2D eigenvalue weighted by Crippen LogP contribution is 2.23. The molecule has 0 heterocycles.